The van der Waals surface area contributed by atoms with Gasteiger partial charge in [-0.2, -0.15) is 18.3 Å². The van der Waals surface area contributed by atoms with Crippen LogP contribution in [0.25, 0.3) is 0 Å². The number of aliphatic hydroxyl groups excluding tert-OH is 1. The summed E-state index contributed by atoms with van der Waals surface area (Å²) in [6, 6.07) is 8.89. The van der Waals surface area contributed by atoms with Crippen LogP contribution >= 0.6 is 0 Å². The molecule has 0 saturated carbocycles. The van der Waals surface area contributed by atoms with E-state index in [4.69, 9.17) is 0 Å². The monoisotopic (exact) mass is 448 g/mol. The Balaban J connectivity index is 1.64. The zero-order valence-electron chi connectivity index (χ0n) is 16.9. The van der Waals surface area contributed by atoms with E-state index in [0.717, 1.165) is 10.9 Å². The molecule has 4 rings (SSSR count). The number of nitrogens with one attached hydrogen (secondary N) is 2. The maximum atomic E-state index is 13.8. The number of anilines is 2. The molecule has 0 spiro atoms. The number of nitrogens with zero attached hydrogens (tertiary/aromatic N) is 2. The van der Waals surface area contributed by atoms with Crippen molar-refractivity contribution in [3.8, 4) is 0 Å². The quantitative estimate of drug-likeness (QED) is 0.492. The van der Waals surface area contributed by atoms with Crippen LogP contribution in [0.1, 0.15) is 53.0 Å². The number of hydrogen-bond acceptors (Lipinski definition) is 4. The summed E-state index contributed by atoms with van der Waals surface area (Å²) in [6.45, 7) is 1.60. The number of carbonyl (C=O) groups excluding carboxylic acids is 1. The minimum Gasteiger partial charge on any atom is -0.389 e. The maximum Gasteiger partial charge on any atom is 0.410 e. The Morgan fingerprint density at radius 3 is 2.44 bits per heavy atom. The molecule has 0 saturated heterocycles. The third-order valence-corrected chi connectivity index (χ3v) is 5.41. The van der Waals surface area contributed by atoms with Gasteiger partial charge in [-0.25, -0.2) is 9.07 Å². The Kier molecular flexibility index (Phi) is 5.64. The van der Waals surface area contributed by atoms with Crippen LogP contribution in [-0.2, 0) is 0 Å². The Bertz CT molecular complexity index is 1110. The molecule has 1 amide bonds. The highest BCUT2D eigenvalue weighted by atomic mass is 19.4. The van der Waals surface area contributed by atoms with E-state index in [1.54, 1.807) is 31.2 Å². The highest BCUT2D eigenvalue weighted by Crippen LogP contribution is 2.44. The minimum absolute atomic E-state index is 0.0503. The first-order chi connectivity index (χ1) is 15.1. The molecule has 1 aliphatic rings. The van der Waals surface area contributed by atoms with Gasteiger partial charge in [-0.05, 0) is 42.3 Å². The summed E-state index contributed by atoms with van der Waals surface area (Å²) in [5.74, 6) is -1.20. The summed E-state index contributed by atoms with van der Waals surface area (Å²) < 4.78 is 55.3. The zero-order chi connectivity index (χ0) is 23.0. The Labute approximate surface area is 180 Å². The zero-order valence-corrected chi connectivity index (χ0v) is 16.9. The first kappa shape index (κ1) is 21.8. The van der Waals surface area contributed by atoms with Crippen LogP contribution < -0.4 is 10.6 Å². The molecule has 0 radical (unpaired) electrons. The van der Waals surface area contributed by atoms with Crippen molar-refractivity contribution in [2.24, 2.45) is 0 Å². The van der Waals surface area contributed by atoms with Crippen LogP contribution in [0, 0.1) is 5.82 Å². The van der Waals surface area contributed by atoms with E-state index in [-0.39, 0.29) is 17.8 Å². The van der Waals surface area contributed by atoms with Crippen molar-refractivity contribution in [2.45, 2.75) is 37.7 Å². The van der Waals surface area contributed by atoms with Gasteiger partial charge in [0.05, 0.1) is 18.3 Å². The molecule has 3 aromatic rings. The predicted molar refractivity (Wildman–Crippen MR) is 110 cm³/mol. The summed E-state index contributed by atoms with van der Waals surface area (Å²) in [7, 11) is 0. The molecule has 1 aliphatic heterocycles. The predicted octanol–water partition coefficient (Wildman–Crippen LogP) is 4.99. The average molecular weight is 448 g/mol. The molecule has 32 heavy (non-hydrogen) atoms. The van der Waals surface area contributed by atoms with Gasteiger partial charge >= 0.3 is 6.18 Å². The highest BCUT2D eigenvalue weighted by molar-refractivity contribution is 6.07. The van der Waals surface area contributed by atoms with E-state index in [9.17, 15) is 27.5 Å². The molecule has 0 aliphatic carbocycles. The fraction of sp³-hybridized carbons (Fsp3) is 0.273. The summed E-state index contributed by atoms with van der Waals surface area (Å²) >= 11 is 0. The lowest BCUT2D eigenvalue weighted by atomic mass is 9.96. The van der Waals surface area contributed by atoms with Gasteiger partial charge in [0.15, 0.2) is 6.04 Å². The number of aromatic nitrogens is 2. The van der Waals surface area contributed by atoms with Crippen molar-refractivity contribution in [2.75, 3.05) is 10.6 Å². The van der Waals surface area contributed by atoms with Gasteiger partial charge in [0.1, 0.15) is 17.2 Å². The molecule has 6 nitrogen and oxygen atoms in total. The molecular formula is C22H20F4N4O2. The largest absolute Gasteiger partial charge is 0.410 e. The lowest BCUT2D eigenvalue weighted by molar-refractivity contribution is -0.173. The summed E-state index contributed by atoms with van der Waals surface area (Å²) in [4.78, 5) is 12.8. The van der Waals surface area contributed by atoms with Crippen molar-refractivity contribution in [3.05, 3.63) is 77.2 Å². The van der Waals surface area contributed by atoms with Gasteiger partial charge in [-0.1, -0.05) is 24.3 Å². The average Bonchev–Trinajstić information content (AvgIpc) is 3.17. The summed E-state index contributed by atoms with van der Waals surface area (Å²) in [5, 5.41) is 19.0. The Morgan fingerprint density at radius 2 is 1.84 bits per heavy atom. The number of hydrogen-bond donors (Lipinski definition) is 3. The summed E-state index contributed by atoms with van der Waals surface area (Å²) in [5.41, 5.74) is 1.49. The third-order valence-electron chi connectivity index (χ3n) is 5.41. The fourth-order valence-electron chi connectivity index (χ4n) is 3.69. The molecule has 0 bridgehead atoms. The lowest BCUT2D eigenvalue weighted by Gasteiger charge is -2.34. The number of alkyl halides is 3. The van der Waals surface area contributed by atoms with Crippen LogP contribution in [0.3, 0.4) is 0 Å². The van der Waals surface area contributed by atoms with Crippen molar-refractivity contribution in [3.63, 3.8) is 0 Å². The van der Waals surface area contributed by atoms with Crippen LogP contribution in [0.15, 0.2) is 54.7 Å². The van der Waals surface area contributed by atoms with Gasteiger partial charge in [0.2, 0.25) is 0 Å². The lowest BCUT2D eigenvalue weighted by Crippen LogP contribution is -2.36. The molecule has 2 heterocycles. The van der Waals surface area contributed by atoms with E-state index in [1.807, 2.05) is 0 Å². The SMILES string of the molecule is C[C@@H](O)c1ccc(NC(=O)c2cnn3c2N[C@@H](c2ccc(F)cc2)C[C@@H]3C(F)(F)F)cc1. The molecular weight excluding hydrogens is 428 g/mol. The van der Waals surface area contributed by atoms with Gasteiger partial charge in [-0.15, -0.1) is 0 Å². The van der Waals surface area contributed by atoms with Crippen molar-refractivity contribution < 1.29 is 27.5 Å². The van der Waals surface area contributed by atoms with Crippen molar-refractivity contribution in [1.82, 2.24) is 9.78 Å². The number of halogens is 4. The van der Waals surface area contributed by atoms with Crippen molar-refractivity contribution in [1.29, 1.82) is 0 Å². The molecule has 0 unspecified atom stereocenters. The molecule has 2 aromatic carbocycles. The Morgan fingerprint density at radius 1 is 1.19 bits per heavy atom. The summed E-state index contributed by atoms with van der Waals surface area (Å²) in [6.07, 6.45) is -4.53. The first-order valence-corrected chi connectivity index (χ1v) is 9.89. The minimum atomic E-state index is -4.59. The number of carbonyl (C=O) groups is 1. The van der Waals surface area contributed by atoms with Gasteiger partial charge < -0.3 is 15.7 Å². The molecule has 3 N–H and O–H groups in total. The molecule has 1 aromatic heterocycles. The van der Waals surface area contributed by atoms with Crippen LogP contribution in [-0.4, -0.2) is 27.0 Å². The second-order valence-electron chi connectivity index (χ2n) is 7.65. The second-order valence-corrected chi connectivity index (χ2v) is 7.65. The number of fused-ring (bicyclic) bond motifs is 1. The number of rotatable bonds is 4. The van der Waals surface area contributed by atoms with Gasteiger partial charge in [0, 0.05) is 12.1 Å². The number of benzene rings is 2. The topological polar surface area (TPSA) is 79.2 Å². The van der Waals surface area contributed by atoms with E-state index < -0.39 is 36.1 Å². The Hall–Kier alpha value is -3.40. The smallest absolute Gasteiger partial charge is 0.389 e. The van der Waals surface area contributed by atoms with E-state index in [1.165, 1.54) is 24.3 Å². The van der Waals surface area contributed by atoms with E-state index in [0.29, 0.717) is 16.8 Å². The standard InChI is InChI=1S/C22H20F4N4O2/c1-12(31)13-4-8-16(9-5-13)28-21(32)17-11-27-30-19(22(24,25)26)10-18(29-20(17)30)14-2-6-15(23)7-3-14/h2-9,11-12,18-19,29,31H,10H2,1H3,(H,28,32)/t12-,18-,19-/m1/s1. The second kappa shape index (κ2) is 8.27. The number of aliphatic hydroxyl groups is 1. The molecule has 10 heteroatoms. The van der Waals surface area contributed by atoms with Crippen molar-refractivity contribution >= 4 is 17.4 Å². The third kappa shape index (κ3) is 4.31. The van der Waals surface area contributed by atoms with Crippen LogP contribution in [0.4, 0.5) is 29.1 Å². The van der Waals surface area contributed by atoms with E-state index in [2.05, 4.69) is 15.7 Å². The van der Waals surface area contributed by atoms with Crippen LogP contribution in [0.2, 0.25) is 0 Å². The van der Waals surface area contributed by atoms with Crippen LogP contribution in [0.5, 0.6) is 0 Å². The first-order valence-electron chi connectivity index (χ1n) is 9.89. The van der Waals surface area contributed by atoms with Gasteiger partial charge in [0.25, 0.3) is 5.91 Å². The fourth-order valence-corrected chi connectivity index (χ4v) is 3.69. The molecule has 3 atom stereocenters. The van der Waals surface area contributed by atoms with Gasteiger partial charge in [-0.3, -0.25) is 4.79 Å². The van der Waals surface area contributed by atoms with E-state index >= 15 is 0 Å². The highest BCUT2D eigenvalue weighted by Gasteiger charge is 2.47. The normalized spacial score (nSPS) is 19.1. The molecule has 168 valence electrons. The number of amides is 1. The maximum absolute atomic E-state index is 13.8. The molecule has 0 fully saturated rings.